The first-order valence-corrected chi connectivity index (χ1v) is 11.2. The number of alkyl halides is 3. The van der Waals surface area contributed by atoms with Crippen LogP contribution in [0.3, 0.4) is 0 Å². The van der Waals surface area contributed by atoms with E-state index in [1.807, 2.05) is 19.1 Å². The number of rotatable bonds is 6. The van der Waals surface area contributed by atoms with E-state index in [1.54, 1.807) is 10.7 Å². The highest BCUT2D eigenvalue weighted by Crippen LogP contribution is 2.26. The third-order valence-electron chi connectivity index (χ3n) is 5.89. The second-order valence-corrected chi connectivity index (χ2v) is 8.45. The molecule has 0 bridgehead atoms. The van der Waals surface area contributed by atoms with E-state index in [0.717, 1.165) is 55.0 Å². The second kappa shape index (κ2) is 10.2. The van der Waals surface area contributed by atoms with Gasteiger partial charge < -0.3 is 14.5 Å². The van der Waals surface area contributed by atoms with Gasteiger partial charge in [-0.1, -0.05) is 24.3 Å². The minimum absolute atomic E-state index is 0.105. The van der Waals surface area contributed by atoms with Crippen molar-refractivity contribution in [2.45, 2.75) is 38.7 Å². The van der Waals surface area contributed by atoms with E-state index in [9.17, 15) is 17.6 Å². The number of halogens is 4. The Morgan fingerprint density at radius 2 is 1.86 bits per heavy atom. The summed E-state index contributed by atoms with van der Waals surface area (Å²) in [5.41, 5.74) is 3.44. The van der Waals surface area contributed by atoms with E-state index < -0.39 is 12.2 Å². The van der Waals surface area contributed by atoms with Gasteiger partial charge in [0.25, 0.3) is 0 Å². The van der Waals surface area contributed by atoms with Gasteiger partial charge in [-0.05, 0) is 54.5 Å². The fourth-order valence-corrected chi connectivity index (χ4v) is 4.05. The van der Waals surface area contributed by atoms with Gasteiger partial charge in [0.2, 0.25) is 6.04 Å². The molecule has 0 spiro atoms. The van der Waals surface area contributed by atoms with Crippen molar-refractivity contribution in [3.63, 3.8) is 0 Å². The van der Waals surface area contributed by atoms with Crippen molar-refractivity contribution in [3.8, 4) is 5.75 Å². The molecule has 1 aliphatic rings. The number of aryl methyl sites for hydroxylation is 1. The number of aromatic nitrogens is 2. The first-order chi connectivity index (χ1) is 16.7. The van der Waals surface area contributed by atoms with Gasteiger partial charge >= 0.3 is 6.36 Å². The first-order valence-electron chi connectivity index (χ1n) is 11.2. The molecule has 1 fully saturated rings. The topological polar surface area (TPSA) is 34.7 Å². The van der Waals surface area contributed by atoms with Gasteiger partial charge in [-0.3, -0.25) is 4.68 Å². The van der Waals surface area contributed by atoms with Crippen molar-refractivity contribution in [2.24, 2.45) is 0 Å². The molecule has 0 saturated carbocycles. The predicted octanol–water partition coefficient (Wildman–Crippen LogP) is 6.49. The number of benzene rings is 2. The molecule has 0 N–H and O–H groups in total. The molecule has 0 atom stereocenters. The van der Waals surface area contributed by atoms with E-state index in [0.29, 0.717) is 12.1 Å². The lowest BCUT2D eigenvalue weighted by molar-refractivity contribution is -0.274. The summed E-state index contributed by atoms with van der Waals surface area (Å²) < 4.78 is 57.3. The monoisotopic (exact) mass is 484 g/mol. The number of hydrogen-bond acceptors (Lipinski definition) is 3. The standard InChI is InChI=1S/C26H24F4N4O/c1-18-14-25(24(27)16-19-6-8-23(9-7-19)35-26(28,29)30)32-34(18)17-20-4-3-5-22(15-20)33-12-10-21(31-2)11-13-33/h3-9,14-16,21H,10-13,17H2,1H3/b24-16-. The molecule has 3 aromatic rings. The zero-order chi connectivity index (χ0) is 25.0. The van der Waals surface area contributed by atoms with Crippen molar-refractivity contribution >= 4 is 17.6 Å². The Kier molecular flexibility index (Phi) is 7.10. The number of anilines is 1. The molecule has 182 valence electrons. The molecule has 2 heterocycles. The fraction of sp³-hybridized carbons (Fsp3) is 0.308. The summed E-state index contributed by atoms with van der Waals surface area (Å²) in [5, 5.41) is 4.38. The van der Waals surface area contributed by atoms with Crippen molar-refractivity contribution in [1.82, 2.24) is 9.78 Å². The van der Waals surface area contributed by atoms with Gasteiger partial charge in [-0.25, -0.2) is 11.0 Å². The van der Waals surface area contributed by atoms with E-state index in [1.165, 1.54) is 18.2 Å². The Hall–Kier alpha value is -3.80. The lowest BCUT2D eigenvalue weighted by Gasteiger charge is -2.29. The normalized spacial score (nSPS) is 15.2. The van der Waals surface area contributed by atoms with E-state index in [4.69, 9.17) is 6.57 Å². The molecule has 35 heavy (non-hydrogen) atoms. The maximum atomic E-state index is 14.8. The number of nitrogens with zero attached hydrogens (tertiary/aromatic N) is 4. The van der Waals surface area contributed by atoms with Crippen LogP contribution in [0.2, 0.25) is 0 Å². The molecule has 4 rings (SSSR count). The minimum atomic E-state index is -4.78. The van der Waals surface area contributed by atoms with Crippen LogP contribution in [0.5, 0.6) is 5.75 Å². The van der Waals surface area contributed by atoms with Gasteiger partial charge in [-0.15, -0.1) is 13.2 Å². The van der Waals surface area contributed by atoms with Gasteiger partial charge in [0.15, 0.2) is 5.83 Å². The van der Waals surface area contributed by atoms with Gasteiger partial charge in [-0.2, -0.15) is 5.10 Å². The summed E-state index contributed by atoms with van der Waals surface area (Å²) in [6.45, 7) is 11.2. The maximum absolute atomic E-state index is 14.8. The van der Waals surface area contributed by atoms with Crippen molar-refractivity contribution in [2.75, 3.05) is 18.0 Å². The lowest BCUT2D eigenvalue weighted by Crippen LogP contribution is -2.34. The van der Waals surface area contributed by atoms with Crippen LogP contribution in [-0.2, 0) is 6.54 Å². The molecule has 5 nitrogen and oxygen atoms in total. The smallest absolute Gasteiger partial charge is 0.406 e. The van der Waals surface area contributed by atoms with E-state index in [-0.39, 0.29) is 17.5 Å². The summed E-state index contributed by atoms with van der Waals surface area (Å²) in [5.74, 6) is -0.957. The van der Waals surface area contributed by atoms with Gasteiger partial charge in [0.1, 0.15) is 11.4 Å². The largest absolute Gasteiger partial charge is 0.573 e. The van der Waals surface area contributed by atoms with Crippen LogP contribution in [0.1, 0.15) is 35.4 Å². The highest BCUT2D eigenvalue weighted by atomic mass is 19.4. The first kappa shape index (κ1) is 24.3. The molecule has 0 radical (unpaired) electrons. The maximum Gasteiger partial charge on any atom is 0.573 e. The van der Waals surface area contributed by atoms with E-state index in [2.05, 4.69) is 31.7 Å². The predicted molar refractivity (Wildman–Crippen MR) is 126 cm³/mol. The van der Waals surface area contributed by atoms with Crippen molar-refractivity contribution in [1.29, 1.82) is 0 Å². The zero-order valence-corrected chi connectivity index (χ0v) is 19.1. The summed E-state index contributed by atoms with van der Waals surface area (Å²) >= 11 is 0. The van der Waals surface area contributed by atoms with Crippen molar-refractivity contribution < 1.29 is 22.3 Å². The average molecular weight is 484 g/mol. The van der Waals surface area contributed by atoms with Crippen LogP contribution in [0, 0.1) is 13.5 Å². The quantitative estimate of drug-likeness (QED) is 0.296. The van der Waals surface area contributed by atoms with Crippen LogP contribution in [0.4, 0.5) is 23.2 Å². The Labute approximate surface area is 201 Å². The molecule has 2 aromatic carbocycles. The van der Waals surface area contributed by atoms with E-state index >= 15 is 0 Å². The molecule has 1 saturated heterocycles. The molecule has 1 aliphatic heterocycles. The van der Waals surface area contributed by atoms with Crippen LogP contribution in [0.25, 0.3) is 16.7 Å². The van der Waals surface area contributed by atoms with Gasteiger partial charge in [0.05, 0.1) is 6.54 Å². The second-order valence-electron chi connectivity index (χ2n) is 8.45. The van der Waals surface area contributed by atoms with Crippen LogP contribution < -0.4 is 9.64 Å². The molecule has 9 heteroatoms. The SMILES string of the molecule is [C-]#[N+]C1CCN(c2cccc(Cn3nc(/C(F)=C/c4ccc(OC(F)(F)F)cc4)cc3C)c2)CC1. The Balaban J connectivity index is 1.45. The third-order valence-corrected chi connectivity index (χ3v) is 5.89. The highest BCUT2D eigenvalue weighted by molar-refractivity contribution is 5.75. The lowest BCUT2D eigenvalue weighted by atomic mass is 10.0. The zero-order valence-electron chi connectivity index (χ0n) is 19.1. The minimum Gasteiger partial charge on any atom is -0.406 e. The molecule has 0 unspecified atom stereocenters. The Morgan fingerprint density at radius 1 is 1.14 bits per heavy atom. The number of ether oxygens (including phenoxy) is 1. The number of piperidine rings is 1. The molecule has 1 aromatic heterocycles. The fourth-order valence-electron chi connectivity index (χ4n) is 4.05. The Morgan fingerprint density at radius 3 is 2.51 bits per heavy atom. The summed E-state index contributed by atoms with van der Waals surface area (Å²) in [7, 11) is 0. The Bertz CT molecular complexity index is 1230. The molecule has 0 aliphatic carbocycles. The molecular formula is C26H24F4N4O. The molecule has 0 amide bonds. The van der Waals surface area contributed by atoms with Crippen LogP contribution in [0.15, 0.2) is 54.6 Å². The highest BCUT2D eigenvalue weighted by Gasteiger charge is 2.31. The molecular weight excluding hydrogens is 460 g/mol. The number of hydrogen-bond donors (Lipinski definition) is 0. The van der Waals surface area contributed by atoms with Gasteiger partial charge in [0, 0.05) is 37.3 Å². The average Bonchev–Trinajstić information content (AvgIpc) is 3.20. The summed E-state index contributed by atoms with van der Waals surface area (Å²) in [6, 6.07) is 14.8. The summed E-state index contributed by atoms with van der Waals surface area (Å²) in [6.07, 6.45) is -1.84. The van der Waals surface area contributed by atoms with Crippen molar-refractivity contribution in [3.05, 3.63) is 88.5 Å². The van der Waals surface area contributed by atoms with Crippen LogP contribution in [-0.4, -0.2) is 35.3 Å². The van der Waals surface area contributed by atoms with Crippen LogP contribution >= 0.6 is 0 Å². The summed E-state index contributed by atoms with van der Waals surface area (Å²) in [4.78, 5) is 5.93. The third kappa shape index (κ3) is 6.41.